The van der Waals surface area contributed by atoms with E-state index >= 15 is 0 Å². The van der Waals surface area contributed by atoms with Gasteiger partial charge in [-0.1, -0.05) is 0 Å². The molecule has 9 heteroatoms. The lowest BCUT2D eigenvalue weighted by Gasteiger charge is -2.34. The Balaban J connectivity index is 0.00000131. The van der Waals surface area contributed by atoms with Gasteiger partial charge in [0.15, 0.2) is 0 Å². The molecule has 2 atom stereocenters. The number of hydrogen-bond acceptors (Lipinski definition) is 4. The largest absolute Gasteiger partial charge is 0.342 e. The summed E-state index contributed by atoms with van der Waals surface area (Å²) in [4.78, 5) is 15.1. The molecule has 0 aliphatic carbocycles. The summed E-state index contributed by atoms with van der Waals surface area (Å²) < 4.78 is 3.82. The first-order chi connectivity index (χ1) is 12.2. The van der Waals surface area contributed by atoms with Crippen molar-refractivity contribution in [3.8, 4) is 0 Å². The molecule has 150 valence electrons. The number of carbonyl (C=O) groups excluding carboxylic acids is 1. The number of amides is 1. The fraction of sp³-hybridized carbons (Fsp3) is 0.611. The predicted octanol–water partition coefficient (Wildman–Crippen LogP) is 1.70. The van der Waals surface area contributed by atoms with Crippen LogP contribution in [0.25, 0.3) is 0 Å². The molecule has 2 aromatic rings. The fourth-order valence-corrected chi connectivity index (χ4v) is 4.16. The lowest BCUT2D eigenvalue weighted by Crippen LogP contribution is -2.44. The average Bonchev–Trinajstić information content (AvgIpc) is 3.36. The Hall–Kier alpha value is -1.57. The number of nitrogens with zero attached hydrogens (tertiary/aromatic N) is 5. The number of piperidine rings is 1. The quantitative estimate of drug-likeness (QED) is 0.826. The minimum Gasteiger partial charge on any atom is -0.342 e. The minimum atomic E-state index is 0. The van der Waals surface area contributed by atoms with Crippen molar-refractivity contribution in [3.05, 3.63) is 36.4 Å². The molecule has 4 rings (SSSR count). The van der Waals surface area contributed by atoms with Crippen LogP contribution in [0.5, 0.6) is 0 Å². The van der Waals surface area contributed by atoms with E-state index in [0.717, 1.165) is 45.6 Å². The summed E-state index contributed by atoms with van der Waals surface area (Å²) in [5.74, 6) is 1.19. The standard InChI is InChI=1S/C18H26N6O.2ClH/c1-22-13-15(9-21-22)16-10-19-11-17(16)18(25)23-7-3-14(4-8-23)12-24-6-2-5-20-24;;/h2,5-6,9,13-14,16-17,19H,3-4,7-8,10-12H2,1H3;2*1H/t16-,17+;;/m1../s1. The fourth-order valence-electron chi connectivity index (χ4n) is 4.16. The molecule has 2 aliphatic heterocycles. The van der Waals surface area contributed by atoms with E-state index in [1.807, 2.05) is 47.3 Å². The zero-order valence-electron chi connectivity index (χ0n) is 15.5. The molecule has 2 fully saturated rings. The molecule has 0 bridgehead atoms. The monoisotopic (exact) mass is 414 g/mol. The van der Waals surface area contributed by atoms with Gasteiger partial charge in [0.05, 0.1) is 12.1 Å². The van der Waals surface area contributed by atoms with Gasteiger partial charge < -0.3 is 10.2 Å². The second-order valence-electron chi connectivity index (χ2n) is 7.32. The number of halogens is 2. The maximum absolute atomic E-state index is 13.1. The van der Waals surface area contributed by atoms with Crippen molar-refractivity contribution in [1.29, 1.82) is 0 Å². The summed E-state index contributed by atoms with van der Waals surface area (Å²) in [6.45, 7) is 4.31. The Bertz CT molecular complexity index is 711. The molecule has 0 radical (unpaired) electrons. The summed E-state index contributed by atoms with van der Waals surface area (Å²) in [6, 6.07) is 1.96. The zero-order valence-corrected chi connectivity index (χ0v) is 17.2. The Morgan fingerprint density at radius 2 is 2.00 bits per heavy atom. The first-order valence-electron chi connectivity index (χ1n) is 9.16. The summed E-state index contributed by atoms with van der Waals surface area (Å²) >= 11 is 0. The van der Waals surface area contributed by atoms with Crippen LogP contribution < -0.4 is 5.32 Å². The molecular formula is C18H28Cl2N6O. The molecule has 0 saturated carbocycles. The van der Waals surface area contributed by atoms with E-state index in [1.54, 1.807) is 0 Å². The number of nitrogens with one attached hydrogen (secondary N) is 1. The van der Waals surface area contributed by atoms with Gasteiger partial charge in [0.2, 0.25) is 5.91 Å². The molecule has 7 nitrogen and oxygen atoms in total. The molecule has 1 N–H and O–H groups in total. The summed E-state index contributed by atoms with van der Waals surface area (Å²) in [5, 5.41) is 12.0. The summed E-state index contributed by atoms with van der Waals surface area (Å²) in [6.07, 6.45) is 9.89. The average molecular weight is 415 g/mol. The Kier molecular flexibility index (Phi) is 7.70. The third-order valence-electron chi connectivity index (χ3n) is 5.62. The van der Waals surface area contributed by atoms with E-state index in [2.05, 4.69) is 20.4 Å². The third-order valence-corrected chi connectivity index (χ3v) is 5.62. The molecular weight excluding hydrogens is 387 g/mol. The van der Waals surface area contributed by atoms with Crippen molar-refractivity contribution >= 4 is 30.7 Å². The first-order valence-corrected chi connectivity index (χ1v) is 9.16. The van der Waals surface area contributed by atoms with Gasteiger partial charge in [0.1, 0.15) is 0 Å². The molecule has 2 aliphatic rings. The first kappa shape index (κ1) is 21.7. The minimum absolute atomic E-state index is 0. The second kappa shape index (κ2) is 9.57. The van der Waals surface area contributed by atoms with Gasteiger partial charge in [-0.05, 0) is 30.4 Å². The number of likely N-dealkylation sites (tertiary alicyclic amines) is 1. The highest BCUT2D eigenvalue weighted by atomic mass is 35.5. The topological polar surface area (TPSA) is 68.0 Å². The van der Waals surface area contributed by atoms with Gasteiger partial charge in [0.25, 0.3) is 0 Å². The van der Waals surface area contributed by atoms with E-state index < -0.39 is 0 Å². The van der Waals surface area contributed by atoms with Crippen LogP contribution in [-0.4, -0.2) is 56.5 Å². The van der Waals surface area contributed by atoms with Gasteiger partial charge in [-0.2, -0.15) is 10.2 Å². The normalized spacial score (nSPS) is 22.9. The maximum Gasteiger partial charge on any atom is 0.227 e. The molecule has 27 heavy (non-hydrogen) atoms. The van der Waals surface area contributed by atoms with E-state index in [-0.39, 0.29) is 36.6 Å². The highest BCUT2D eigenvalue weighted by Gasteiger charge is 2.38. The van der Waals surface area contributed by atoms with E-state index in [4.69, 9.17) is 0 Å². The Morgan fingerprint density at radius 1 is 1.22 bits per heavy atom. The molecule has 4 heterocycles. The molecule has 0 spiro atoms. The van der Waals surface area contributed by atoms with Crippen molar-refractivity contribution in [1.82, 2.24) is 29.8 Å². The van der Waals surface area contributed by atoms with Crippen molar-refractivity contribution < 1.29 is 4.79 Å². The van der Waals surface area contributed by atoms with Gasteiger partial charge in [-0.15, -0.1) is 24.8 Å². The molecule has 0 unspecified atom stereocenters. The summed E-state index contributed by atoms with van der Waals surface area (Å²) in [5.41, 5.74) is 1.17. The van der Waals surface area contributed by atoms with Crippen LogP contribution in [0.3, 0.4) is 0 Å². The van der Waals surface area contributed by atoms with Crippen LogP contribution in [0.1, 0.15) is 24.3 Å². The molecule has 1 amide bonds. The van der Waals surface area contributed by atoms with E-state index in [1.165, 1.54) is 5.56 Å². The second-order valence-corrected chi connectivity index (χ2v) is 7.32. The third kappa shape index (κ3) is 4.83. The van der Waals surface area contributed by atoms with Gasteiger partial charge in [-0.25, -0.2) is 0 Å². The lowest BCUT2D eigenvalue weighted by atomic mass is 9.88. The lowest BCUT2D eigenvalue weighted by molar-refractivity contribution is -0.136. The van der Waals surface area contributed by atoms with Crippen LogP contribution in [0, 0.1) is 11.8 Å². The van der Waals surface area contributed by atoms with Crippen LogP contribution in [0.2, 0.25) is 0 Å². The molecule has 2 saturated heterocycles. The number of rotatable bonds is 4. The molecule has 0 aromatic carbocycles. The van der Waals surface area contributed by atoms with Crippen LogP contribution in [0.4, 0.5) is 0 Å². The SMILES string of the molecule is Cl.Cl.Cn1cc([C@H]2CNC[C@@H]2C(=O)N2CCC(Cn3cccn3)CC2)cn1. The van der Waals surface area contributed by atoms with Crippen LogP contribution >= 0.6 is 24.8 Å². The zero-order chi connectivity index (χ0) is 17.2. The highest BCUT2D eigenvalue weighted by molar-refractivity contribution is 5.85. The molecule has 2 aromatic heterocycles. The smallest absolute Gasteiger partial charge is 0.227 e. The van der Waals surface area contributed by atoms with Crippen LogP contribution in [-0.2, 0) is 18.4 Å². The van der Waals surface area contributed by atoms with Crippen molar-refractivity contribution in [3.63, 3.8) is 0 Å². The van der Waals surface area contributed by atoms with Crippen LogP contribution in [0.15, 0.2) is 30.9 Å². The number of aryl methyl sites for hydroxylation is 1. The van der Waals surface area contributed by atoms with Crippen molar-refractivity contribution in [2.45, 2.75) is 25.3 Å². The van der Waals surface area contributed by atoms with E-state index in [0.29, 0.717) is 11.8 Å². The van der Waals surface area contributed by atoms with E-state index in [9.17, 15) is 4.79 Å². The number of hydrogen-bond donors (Lipinski definition) is 1. The maximum atomic E-state index is 13.1. The van der Waals surface area contributed by atoms with Crippen molar-refractivity contribution in [2.24, 2.45) is 18.9 Å². The Labute approximate surface area is 172 Å². The number of carbonyl (C=O) groups is 1. The predicted molar refractivity (Wildman–Crippen MR) is 108 cm³/mol. The van der Waals surface area contributed by atoms with Gasteiger partial charge >= 0.3 is 0 Å². The number of aromatic nitrogens is 4. The Morgan fingerprint density at radius 3 is 2.63 bits per heavy atom. The van der Waals surface area contributed by atoms with Gasteiger partial charge in [0, 0.05) is 64.3 Å². The van der Waals surface area contributed by atoms with Crippen molar-refractivity contribution in [2.75, 3.05) is 26.2 Å². The highest BCUT2D eigenvalue weighted by Crippen LogP contribution is 2.30. The van der Waals surface area contributed by atoms with Gasteiger partial charge in [-0.3, -0.25) is 14.2 Å². The summed E-state index contributed by atoms with van der Waals surface area (Å²) in [7, 11) is 1.92.